The van der Waals surface area contributed by atoms with Crippen LogP contribution in [0.4, 0.5) is 0 Å². The fourth-order valence-electron chi connectivity index (χ4n) is 0.433. The molecule has 0 amide bonds. The lowest BCUT2D eigenvalue weighted by atomic mass is 10.4. The van der Waals surface area contributed by atoms with Crippen LogP contribution in [0.15, 0.2) is 17.0 Å². The molecule has 3 nitrogen and oxygen atoms in total. The second-order valence-electron chi connectivity index (χ2n) is 1.66. The van der Waals surface area contributed by atoms with Crippen molar-refractivity contribution in [2.75, 3.05) is 6.54 Å². The normalized spacial score (nSPS) is 11.1. The lowest BCUT2D eigenvalue weighted by Crippen LogP contribution is -2.02. The summed E-state index contributed by atoms with van der Waals surface area (Å²) >= 11 is 0. The first kappa shape index (κ1) is 8.14. The highest BCUT2D eigenvalue weighted by atomic mass is 15.0. The van der Waals surface area contributed by atoms with E-state index in [4.69, 9.17) is 5.53 Å². The molecule has 9 heavy (non-hydrogen) atoms. The van der Waals surface area contributed by atoms with Gasteiger partial charge >= 0.3 is 0 Å². The van der Waals surface area contributed by atoms with Gasteiger partial charge in [0, 0.05) is 12.7 Å². The lowest BCUT2D eigenvalue weighted by Gasteiger charge is -1.94. The van der Waals surface area contributed by atoms with E-state index < -0.39 is 0 Å². The molecule has 0 aromatic heterocycles. The van der Waals surface area contributed by atoms with E-state index in [1.165, 1.54) is 0 Å². The number of allylic oxidation sites excluding steroid dienone is 1. The molecular weight excluding hydrogens is 114 g/mol. The Morgan fingerprint density at radius 3 is 2.67 bits per heavy atom. The zero-order valence-electron chi connectivity index (χ0n) is 5.94. The van der Waals surface area contributed by atoms with Crippen LogP contribution in [-0.4, -0.2) is 6.54 Å². The van der Waals surface area contributed by atoms with E-state index in [1.807, 2.05) is 13.8 Å². The molecule has 0 atom stereocenters. The van der Waals surface area contributed by atoms with Gasteiger partial charge in [0.25, 0.3) is 0 Å². The van der Waals surface area contributed by atoms with E-state index in [2.05, 4.69) is 10.4 Å². The van der Waals surface area contributed by atoms with Gasteiger partial charge in [0.05, 0.1) is 5.70 Å². The molecule has 0 bridgehead atoms. The van der Waals surface area contributed by atoms with Crippen molar-refractivity contribution in [1.82, 2.24) is 5.32 Å². The molecule has 52 valence electrons. The van der Waals surface area contributed by atoms with Gasteiger partial charge in [-0.1, -0.05) is 6.92 Å². The van der Waals surface area contributed by atoms with E-state index >= 15 is 0 Å². The fourth-order valence-corrected chi connectivity index (χ4v) is 0.433. The zero-order chi connectivity index (χ0) is 7.11. The Labute approximate surface area is 55.7 Å². The third-order valence-corrected chi connectivity index (χ3v) is 0.979. The first-order chi connectivity index (χ1) is 4.35. The summed E-state index contributed by atoms with van der Waals surface area (Å²) in [6.07, 6.45) is 2.59. The van der Waals surface area contributed by atoms with Crippen molar-refractivity contribution in [3.63, 3.8) is 0 Å². The molecule has 0 radical (unpaired) electrons. The summed E-state index contributed by atoms with van der Waals surface area (Å²) in [5, 5.41) is 6.27. The summed E-state index contributed by atoms with van der Waals surface area (Å²) < 4.78 is 0. The van der Waals surface area contributed by atoms with Gasteiger partial charge in [-0.3, -0.25) is 0 Å². The van der Waals surface area contributed by atoms with E-state index in [0.717, 1.165) is 18.7 Å². The van der Waals surface area contributed by atoms with E-state index in [9.17, 15) is 0 Å². The van der Waals surface area contributed by atoms with Crippen LogP contribution in [0.2, 0.25) is 0 Å². The Balaban J connectivity index is 3.61. The smallest absolute Gasteiger partial charge is 0.0777 e. The van der Waals surface area contributed by atoms with Crippen LogP contribution in [-0.2, 0) is 0 Å². The van der Waals surface area contributed by atoms with Gasteiger partial charge in [-0.2, -0.15) is 5.11 Å². The molecule has 0 heterocycles. The topological polar surface area (TPSA) is 48.2 Å². The Kier molecular flexibility index (Phi) is 4.78. The second-order valence-corrected chi connectivity index (χ2v) is 1.66. The van der Waals surface area contributed by atoms with E-state index in [-0.39, 0.29) is 0 Å². The maximum absolute atomic E-state index is 6.66. The number of rotatable bonds is 4. The Morgan fingerprint density at radius 1 is 1.67 bits per heavy atom. The third kappa shape index (κ3) is 3.70. The predicted octanol–water partition coefficient (Wildman–Crippen LogP) is 1.88. The van der Waals surface area contributed by atoms with Gasteiger partial charge in [0.15, 0.2) is 0 Å². The molecule has 0 saturated carbocycles. The summed E-state index contributed by atoms with van der Waals surface area (Å²) in [7, 11) is 0. The van der Waals surface area contributed by atoms with Crippen molar-refractivity contribution >= 4 is 0 Å². The summed E-state index contributed by atoms with van der Waals surface area (Å²) in [5.41, 5.74) is 7.44. The minimum Gasteiger partial charge on any atom is -0.390 e. The third-order valence-electron chi connectivity index (χ3n) is 0.979. The second kappa shape index (κ2) is 5.28. The van der Waals surface area contributed by atoms with E-state index in [1.54, 1.807) is 6.20 Å². The molecule has 0 unspecified atom stereocenters. The molecule has 0 aliphatic heterocycles. The first-order valence-electron chi connectivity index (χ1n) is 3.15. The summed E-state index contributed by atoms with van der Waals surface area (Å²) in [4.78, 5) is 0. The van der Waals surface area contributed by atoms with Crippen LogP contribution in [0.25, 0.3) is 0 Å². The van der Waals surface area contributed by atoms with Crippen molar-refractivity contribution in [1.29, 1.82) is 5.53 Å². The van der Waals surface area contributed by atoms with Crippen LogP contribution in [0, 0.1) is 5.53 Å². The highest BCUT2D eigenvalue weighted by molar-refractivity contribution is 4.95. The van der Waals surface area contributed by atoms with Gasteiger partial charge in [-0.05, 0) is 13.3 Å². The minimum atomic E-state index is 0.789. The zero-order valence-corrected chi connectivity index (χ0v) is 5.94. The van der Waals surface area contributed by atoms with Crippen LogP contribution >= 0.6 is 0 Å². The molecular formula is C6H13N3. The van der Waals surface area contributed by atoms with Crippen LogP contribution in [0.1, 0.15) is 20.3 Å². The molecule has 0 saturated heterocycles. The fraction of sp³-hybridized carbons (Fsp3) is 0.667. The molecule has 0 rings (SSSR count). The molecule has 0 aliphatic rings. The van der Waals surface area contributed by atoms with Gasteiger partial charge in [0.1, 0.15) is 0 Å². The van der Waals surface area contributed by atoms with Gasteiger partial charge < -0.3 is 5.32 Å². The van der Waals surface area contributed by atoms with Crippen molar-refractivity contribution in [2.24, 2.45) is 5.11 Å². The van der Waals surface area contributed by atoms with Crippen molar-refractivity contribution in [2.45, 2.75) is 20.3 Å². The molecule has 0 aromatic rings. The number of hydrogen-bond acceptors (Lipinski definition) is 3. The highest BCUT2D eigenvalue weighted by Gasteiger charge is 1.85. The van der Waals surface area contributed by atoms with Crippen molar-refractivity contribution in [3.05, 3.63) is 11.9 Å². The molecule has 0 fully saturated rings. The minimum absolute atomic E-state index is 0.789. The molecule has 0 spiro atoms. The maximum atomic E-state index is 6.66. The summed E-state index contributed by atoms with van der Waals surface area (Å²) in [6.45, 7) is 4.87. The monoisotopic (exact) mass is 127 g/mol. The molecule has 2 N–H and O–H groups in total. The van der Waals surface area contributed by atoms with Crippen LogP contribution in [0.5, 0.6) is 0 Å². The lowest BCUT2D eigenvalue weighted by molar-refractivity contribution is 0.866. The average Bonchev–Trinajstić information content (AvgIpc) is 1.91. The molecule has 0 aliphatic carbocycles. The average molecular weight is 127 g/mol. The Hall–Kier alpha value is -0.860. The van der Waals surface area contributed by atoms with Crippen LogP contribution in [0.3, 0.4) is 0 Å². The largest absolute Gasteiger partial charge is 0.390 e. The first-order valence-corrected chi connectivity index (χ1v) is 3.15. The van der Waals surface area contributed by atoms with Gasteiger partial charge in [0.2, 0.25) is 0 Å². The quantitative estimate of drug-likeness (QED) is 0.556. The molecule has 3 heteroatoms. The maximum Gasteiger partial charge on any atom is 0.0777 e. The number of nitrogens with zero attached hydrogens (tertiary/aromatic N) is 1. The van der Waals surface area contributed by atoms with Crippen LogP contribution < -0.4 is 5.32 Å². The predicted molar refractivity (Wildman–Crippen MR) is 37.2 cm³/mol. The van der Waals surface area contributed by atoms with Gasteiger partial charge in [-0.15, -0.1) is 0 Å². The van der Waals surface area contributed by atoms with Crippen molar-refractivity contribution in [3.8, 4) is 0 Å². The summed E-state index contributed by atoms with van der Waals surface area (Å²) in [5.74, 6) is 0. The van der Waals surface area contributed by atoms with Crippen molar-refractivity contribution < 1.29 is 0 Å². The Bertz CT molecular complexity index is 107. The SMILES string of the molecule is CCN/C=C(/CC)N=N. The standard InChI is InChI=1S/C6H13N3/c1-3-6(9-7)5-8-4-2/h5,7-8H,3-4H2,1-2H3/b6-5-,9-7?. The Morgan fingerprint density at radius 2 is 2.33 bits per heavy atom. The number of hydrogen-bond donors (Lipinski definition) is 2. The van der Waals surface area contributed by atoms with Gasteiger partial charge in [-0.25, -0.2) is 5.53 Å². The highest BCUT2D eigenvalue weighted by Crippen LogP contribution is 1.97. The van der Waals surface area contributed by atoms with E-state index in [0.29, 0.717) is 0 Å². The summed E-state index contributed by atoms with van der Waals surface area (Å²) in [6, 6.07) is 0. The molecule has 0 aromatic carbocycles. The number of nitrogens with one attached hydrogen (secondary N) is 2.